The van der Waals surface area contributed by atoms with Crippen molar-refractivity contribution < 1.29 is 0 Å². The molecule has 1 unspecified atom stereocenters. The van der Waals surface area contributed by atoms with Crippen molar-refractivity contribution in [1.82, 2.24) is 10.3 Å². The van der Waals surface area contributed by atoms with Crippen molar-refractivity contribution in [1.29, 1.82) is 0 Å². The minimum Gasteiger partial charge on any atom is -0.311 e. The predicted octanol–water partition coefficient (Wildman–Crippen LogP) is 3.48. The van der Waals surface area contributed by atoms with Crippen LogP contribution in [0.4, 0.5) is 0 Å². The summed E-state index contributed by atoms with van der Waals surface area (Å²) in [5.41, 5.74) is 2.33. The predicted molar refractivity (Wildman–Crippen MR) is 71.9 cm³/mol. The minimum atomic E-state index is 0.433. The van der Waals surface area contributed by atoms with Crippen molar-refractivity contribution in [3.8, 4) is 0 Å². The quantitative estimate of drug-likeness (QED) is 0.863. The number of nitrogens with one attached hydrogen (secondary N) is 1. The van der Waals surface area contributed by atoms with E-state index in [1.807, 2.05) is 0 Å². The number of rotatable bonds is 3. The lowest BCUT2D eigenvalue weighted by Gasteiger charge is -2.32. The van der Waals surface area contributed by atoms with Gasteiger partial charge in [-0.1, -0.05) is 25.8 Å². The van der Waals surface area contributed by atoms with Gasteiger partial charge in [-0.25, -0.2) is 0 Å². The molecule has 1 heterocycles. The van der Waals surface area contributed by atoms with Gasteiger partial charge in [-0.15, -0.1) is 0 Å². The van der Waals surface area contributed by atoms with Gasteiger partial charge in [0.25, 0.3) is 0 Å². The van der Waals surface area contributed by atoms with Gasteiger partial charge in [-0.2, -0.15) is 0 Å². The maximum atomic E-state index is 4.68. The van der Waals surface area contributed by atoms with Crippen LogP contribution in [0.15, 0.2) is 18.2 Å². The molecule has 0 spiro atoms. The van der Waals surface area contributed by atoms with Crippen LogP contribution in [0, 0.1) is 18.8 Å². The first-order valence-electron chi connectivity index (χ1n) is 6.81. The van der Waals surface area contributed by atoms with Crippen LogP contribution in [0.2, 0.25) is 0 Å². The number of nitrogens with zero attached hydrogens (tertiary/aromatic N) is 1. The van der Waals surface area contributed by atoms with Crippen LogP contribution < -0.4 is 5.32 Å². The monoisotopic (exact) mass is 232 g/mol. The van der Waals surface area contributed by atoms with E-state index in [1.165, 1.54) is 31.4 Å². The molecule has 0 bridgehead atoms. The maximum Gasteiger partial charge on any atom is 0.0579 e. The average Bonchev–Trinajstić information content (AvgIpc) is 2.33. The molecule has 0 aromatic carbocycles. The number of hydrogen-bond donors (Lipinski definition) is 1. The minimum absolute atomic E-state index is 0.433. The Morgan fingerprint density at radius 1 is 1.24 bits per heavy atom. The highest BCUT2D eigenvalue weighted by molar-refractivity contribution is 5.14. The van der Waals surface area contributed by atoms with E-state index in [9.17, 15) is 0 Å². The van der Waals surface area contributed by atoms with Gasteiger partial charge in [0, 0.05) is 5.69 Å². The highest BCUT2D eigenvalue weighted by atomic mass is 14.9. The topological polar surface area (TPSA) is 24.9 Å². The Labute approximate surface area is 105 Å². The van der Waals surface area contributed by atoms with Crippen LogP contribution in [0.25, 0.3) is 0 Å². The zero-order chi connectivity index (χ0) is 12.3. The molecule has 17 heavy (non-hydrogen) atoms. The van der Waals surface area contributed by atoms with Gasteiger partial charge < -0.3 is 5.32 Å². The van der Waals surface area contributed by atoms with Crippen molar-refractivity contribution in [2.24, 2.45) is 11.8 Å². The Morgan fingerprint density at radius 2 is 1.94 bits per heavy atom. The van der Waals surface area contributed by atoms with Gasteiger partial charge in [-0.3, -0.25) is 4.98 Å². The maximum absolute atomic E-state index is 4.68. The third-order valence-electron chi connectivity index (χ3n) is 4.07. The third-order valence-corrected chi connectivity index (χ3v) is 4.07. The molecule has 1 aliphatic rings. The van der Waals surface area contributed by atoms with E-state index in [1.54, 1.807) is 0 Å². The molecule has 1 fully saturated rings. The van der Waals surface area contributed by atoms with Crippen molar-refractivity contribution in [2.75, 3.05) is 7.05 Å². The zero-order valence-corrected chi connectivity index (χ0v) is 11.2. The van der Waals surface area contributed by atoms with Crippen molar-refractivity contribution >= 4 is 0 Å². The molecular formula is C15H24N2. The van der Waals surface area contributed by atoms with E-state index >= 15 is 0 Å². The van der Waals surface area contributed by atoms with Gasteiger partial charge >= 0.3 is 0 Å². The van der Waals surface area contributed by atoms with E-state index in [0.29, 0.717) is 6.04 Å². The lowest BCUT2D eigenvalue weighted by Crippen LogP contribution is -2.29. The summed E-state index contributed by atoms with van der Waals surface area (Å²) in [4.78, 5) is 4.68. The number of aryl methyl sites for hydroxylation is 1. The Bertz CT molecular complexity index is 354. The molecule has 2 rings (SSSR count). The Kier molecular flexibility index (Phi) is 4.16. The van der Waals surface area contributed by atoms with Gasteiger partial charge in [0.2, 0.25) is 0 Å². The first kappa shape index (κ1) is 12.6. The van der Waals surface area contributed by atoms with Crippen LogP contribution in [0.3, 0.4) is 0 Å². The van der Waals surface area contributed by atoms with Gasteiger partial charge in [0.1, 0.15) is 0 Å². The number of aromatic nitrogens is 1. The third kappa shape index (κ3) is 3.06. The van der Waals surface area contributed by atoms with E-state index in [-0.39, 0.29) is 0 Å². The lowest BCUT2D eigenvalue weighted by molar-refractivity contribution is 0.235. The van der Waals surface area contributed by atoms with Crippen LogP contribution in [0.1, 0.15) is 50.0 Å². The molecule has 0 amide bonds. The second kappa shape index (κ2) is 5.63. The van der Waals surface area contributed by atoms with Crippen LogP contribution >= 0.6 is 0 Å². The SMILES string of the molecule is CNC(c1cccc(C)n1)C1CCC(C)CC1. The fraction of sp³-hybridized carbons (Fsp3) is 0.667. The summed E-state index contributed by atoms with van der Waals surface area (Å²) in [6.07, 6.45) is 5.41. The average molecular weight is 232 g/mol. The molecule has 0 saturated heterocycles. The molecule has 1 saturated carbocycles. The molecule has 1 aliphatic carbocycles. The summed E-state index contributed by atoms with van der Waals surface area (Å²) in [5, 5.41) is 3.47. The van der Waals surface area contributed by atoms with E-state index in [0.717, 1.165) is 17.5 Å². The molecule has 94 valence electrons. The molecule has 2 heteroatoms. The van der Waals surface area contributed by atoms with Crippen LogP contribution in [-0.2, 0) is 0 Å². The Hall–Kier alpha value is -0.890. The summed E-state index contributed by atoms with van der Waals surface area (Å²) in [7, 11) is 2.06. The normalized spacial score (nSPS) is 26.8. The fourth-order valence-corrected chi connectivity index (χ4v) is 2.98. The van der Waals surface area contributed by atoms with Crippen LogP contribution in [-0.4, -0.2) is 12.0 Å². The highest BCUT2D eigenvalue weighted by Gasteiger charge is 2.26. The summed E-state index contributed by atoms with van der Waals surface area (Å²) < 4.78 is 0. The largest absolute Gasteiger partial charge is 0.311 e. The van der Waals surface area contributed by atoms with E-state index < -0.39 is 0 Å². The lowest BCUT2D eigenvalue weighted by atomic mass is 9.78. The van der Waals surface area contributed by atoms with Gasteiger partial charge in [0.15, 0.2) is 0 Å². The van der Waals surface area contributed by atoms with E-state index in [4.69, 9.17) is 0 Å². The summed E-state index contributed by atoms with van der Waals surface area (Å²) in [6.45, 7) is 4.44. The molecule has 1 aromatic heterocycles. The second-order valence-electron chi connectivity index (χ2n) is 5.49. The summed E-state index contributed by atoms with van der Waals surface area (Å²) in [5.74, 6) is 1.67. The molecule has 0 radical (unpaired) electrons. The molecule has 1 N–H and O–H groups in total. The zero-order valence-electron chi connectivity index (χ0n) is 11.2. The fourth-order valence-electron chi connectivity index (χ4n) is 2.98. The van der Waals surface area contributed by atoms with Crippen molar-refractivity contribution in [2.45, 2.75) is 45.6 Å². The molecule has 0 aliphatic heterocycles. The number of pyridine rings is 1. The van der Waals surface area contributed by atoms with Crippen LogP contribution in [0.5, 0.6) is 0 Å². The smallest absolute Gasteiger partial charge is 0.0579 e. The standard InChI is InChI=1S/C15H24N2/c1-11-7-9-13(10-8-11)15(16-3)14-6-4-5-12(2)17-14/h4-6,11,13,15-16H,7-10H2,1-3H3. The first-order chi connectivity index (χ1) is 8.20. The molecular weight excluding hydrogens is 208 g/mol. The van der Waals surface area contributed by atoms with Gasteiger partial charge in [0.05, 0.1) is 11.7 Å². The highest BCUT2D eigenvalue weighted by Crippen LogP contribution is 2.35. The molecule has 2 nitrogen and oxygen atoms in total. The second-order valence-corrected chi connectivity index (χ2v) is 5.49. The Morgan fingerprint density at radius 3 is 2.53 bits per heavy atom. The molecule has 1 atom stereocenters. The number of hydrogen-bond acceptors (Lipinski definition) is 2. The Balaban J connectivity index is 2.10. The first-order valence-corrected chi connectivity index (χ1v) is 6.81. The van der Waals surface area contributed by atoms with E-state index in [2.05, 4.69) is 49.4 Å². The van der Waals surface area contributed by atoms with Crippen molar-refractivity contribution in [3.63, 3.8) is 0 Å². The van der Waals surface area contributed by atoms with Gasteiger partial charge in [-0.05, 0) is 50.8 Å². The summed E-state index contributed by atoms with van der Waals surface area (Å²) in [6, 6.07) is 6.78. The molecule has 1 aromatic rings. The summed E-state index contributed by atoms with van der Waals surface area (Å²) >= 11 is 0. The van der Waals surface area contributed by atoms with Crippen molar-refractivity contribution in [3.05, 3.63) is 29.6 Å².